The molecule has 2 aliphatic heterocycles. The Morgan fingerprint density at radius 2 is 2.35 bits per heavy atom. The van der Waals surface area contributed by atoms with E-state index in [9.17, 15) is 4.79 Å². The Morgan fingerprint density at radius 1 is 1.48 bits per heavy atom. The van der Waals surface area contributed by atoms with E-state index in [1.165, 1.54) is 0 Å². The molecule has 0 aliphatic carbocycles. The summed E-state index contributed by atoms with van der Waals surface area (Å²) >= 11 is 1.70. The second-order valence-electron chi connectivity index (χ2n) is 6.96. The number of ether oxygens (including phenoxy) is 1. The molecular weight excluding hydrogens is 312 g/mol. The van der Waals surface area contributed by atoms with Crippen LogP contribution in [-0.4, -0.2) is 66.2 Å². The Labute approximate surface area is 141 Å². The summed E-state index contributed by atoms with van der Waals surface area (Å²) in [5, 5.41) is 6.18. The lowest BCUT2D eigenvalue weighted by atomic mass is 9.87. The van der Waals surface area contributed by atoms with E-state index in [0.29, 0.717) is 13.2 Å². The zero-order valence-electron chi connectivity index (χ0n) is 14.0. The van der Waals surface area contributed by atoms with E-state index in [-0.39, 0.29) is 17.5 Å². The SMILES string of the molecule is CC(C)NC(=O)N1CCOC[C@]2(CCN(Cc3nccs3)C2)C1. The molecule has 1 spiro atoms. The third kappa shape index (κ3) is 4.22. The van der Waals surface area contributed by atoms with Crippen LogP contribution in [-0.2, 0) is 11.3 Å². The number of nitrogens with one attached hydrogen (secondary N) is 1. The molecule has 0 aromatic carbocycles. The van der Waals surface area contributed by atoms with E-state index in [0.717, 1.165) is 44.2 Å². The van der Waals surface area contributed by atoms with Gasteiger partial charge in [0, 0.05) is 42.7 Å². The lowest BCUT2D eigenvalue weighted by molar-refractivity contribution is 0.0714. The van der Waals surface area contributed by atoms with Crippen molar-refractivity contribution >= 4 is 17.4 Å². The summed E-state index contributed by atoms with van der Waals surface area (Å²) in [5.41, 5.74) is 0.0576. The molecular formula is C16H26N4O2S. The van der Waals surface area contributed by atoms with Gasteiger partial charge in [0.2, 0.25) is 0 Å². The Balaban J connectivity index is 1.62. The molecule has 0 bridgehead atoms. The van der Waals surface area contributed by atoms with Crippen LogP contribution in [0.4, 0.5) is 4.79 Å². The number of thiazole rings is 1. The molecule has 1 aromatic rings. The normalized spacial score (nSPS) is 26.0. The predicted octanol–water partition coefficient (Wildman–Crippen LogP) is 1.79. The summed E-state index contributed by atoms with van der Waals surface area (Å²) in [6.07, 6.45) is 2.93. The van der Waals surface area contributed by atoms with Gasteiger partial charge < -0.3 is 15.0 Å². The van der Waals surface area contributed by atoms with Crippen LogP contribution in [0.25, 0.3) is 0 Å². The second kappa shape index (κ2) is 7.15. The molecule has 6 nitrogen and oxygen atoms in total. The Kier molecular flexibility index (Phi) is 5.18. The fraction of sp³-hybridized carbons (Fsp3) is 0.750. The van der Waals surface area contributed by atoms with Crippen LogP contribution in [0.2, 0.25) is 0 Å². The lowest BCUT2D eigenvalue weighted by Crippen LogP contribution is -2.48. The van der Waals surface area contributed by atoms with Gasteiger partial charge in [-0.25, -0.2) is 9.78 Å². The number of carbonyl (C=O) groups excluding carboxylic acids is 1. The number of likely N-dealkylation sites (tertiary alicyclic amines) is 1. The zero-order valence-corrected chi connectivity index (χ0v) is 14.8. The molecule has 1 aromatic heterocycles. The maximum absolute atomic E-state index is 12.4. The van der Waals surface area contributed by atoms with Crippen LogP contribution in [0.5, 0.6) is 0 Å². The molecule has 3 rings (SSSR count). The van der Waals surface area contributed by atoms with Gasteiger partial charge >= 0.3 is 6.03 Å². The van der Waals surface area contributed by atoms with E-state index in [1.807, 2.05) is 30.3 Å². The van der Waals surface area contributed by atoms with Gasteiger partial charge in [0.05, 0.1) is 19.8 Å². The summed E-state index contributed by atoms with van der Waals surface area (Å²) in [7, 11) is 0. The minimum absolute atomic E-state index is 0.0308. The Hall–Kier alpha value is -1.18. The van der Waals surface area contributed by atoms with Crippen molar-refractivity contribution in [1.29, 1.82) is 0 Å². The summed E-state index contributed by atoms with van der Waals surface area (Å²) < 4.78 is 5.84. The van der Waals surface area contributed by atoms with Gasteiger partial charge in [-0.15, -0.1) is 11.3 Å². The Bertz CT molecular complexity index is 522. The van der Waals surface area contributed by atoms with Crippen molar-refractivity contribution in [1.82, 2.24) is 20.1 Å². The molecule has 0 saturated carbocycles. The van der Waals surface area contributed by atoms with E-state index in [4.69, 9.17) is 4.74 Å². The summed E-state index contributed by atoms with van der Waals surface area (Å²) in [6, 6.07) is 0.191. The van der Waals surface area contributed by atoms with E-state index in [1.54, 1.807) is 11.3 Å². The molecule has 23 heavy (non-hydrogen) atoms. The number of urea groups is 1. The van der Waals surface area contributed by atoms with Crippen molar-refractivity contribution in [2.45, 2.75) is 32.9 Å². The highest BCUT2D eigenvalue weighted by Crippen LogP contribution is 2.34. The van der Waals surface area contributed by atoms with E-state index in [2.05, 4.69) is 15.2 Å². The molecule has 0 unspecified atom stereocenters. The highest BCUT2D eigenvalue weighted by molar-refractivity contribution is 7.09. The third-order valence-electron chi connectivity index (χ3n) is 4.50. The molecule has 3 heterocycles. The maximum Gasteiger partial charge on any atom is 0.317 e. The van der Waals surface area contributed by atoms with Crippen LogP contribution in [0.1, 0.15) is 25.3 Å². The monoisotopic (exact) mass is 338 g/mol. The molecule has 2 amide bonds. The fourth-order valence-electron chi connectivity index (χ4n) is 3.44. The first-order valence-corrected chi connectivity index (χ1v) is 9.18. The van der Waals surface area contributed by atoms with Crippen LogP contribution < -0.4 is 5.32 Å². The average molecular weight is 338 g/mol. The molecule has 0 radical (unpaired) electrons. The van der Waals surface area contributed by atoms with Crippen molar-refractivity contribution in [3.63, 3.8) is 0 Å². The quantitative estimate of drug-likeness (QED) is 0.913. The molecule has 2 saturated heterocycles. The number of hydrogen-bond acceptors (Lipinski definition) is 5. The molecule has 2 fully saturated rings. The molecule has 7 heteroatoms. The predicted molar refractivity (Wildman–Crippen MR) is 90.5 cm³/mol. The van der Waals surface area contributed by atoms with Gasteiger partial charge in [-0.05, 0) is 26.8 Å². The first-order chi connectivity index (χ1) is 11.1. The number of rotatable bonds is 3. The van der Waals surface area contributed by atoms with E-state index < -0.39 is 0 Å². The number of nitrogens with zero attached hydrogens (tertiary/aromatic N) is 3. The first-order valence-electron chi connectivity index (χ1n) is 8.30. The minimum atomic E-state index is 0.0308. The number of aromatic nitrogens is 1. The maximum atomic E-state index is 12.4. The smallest absolute Gasteiger partial charge is 0.317 e. The van der Waals surface area contributed by atoms with Gasteiger partial charge in [-0.2, -0.15) is 0 Å². The summed E-state index contributed by atoms with van der Waals surface area (Å²) in [6.45, 7) is 9.72. The average Bonchev–Trinajstić information content (AvgIpc) is 3.07. The van der Waals surface area contributed by atoms with Crippen LogP contribution in [0.15, 0.2) is 11.6 Å². The fourth-order valence-corrected chi connectivity index (χ4v) is 4.09. The zero-order chi connectivity index (χ0) is 16.3. The molecule has 1 N–H and O–H groups in total. The summed E-state index contributed by atoms with van der Waals surface area (Å²) in [4.78, 5) is 21.1. The van der Waals surface area contributed by atoms with Crippen LogP contribution >= 0.6 is 11.3 Å². The van der Waals surface area contributed by atoms with Gasteiger partial charge in [0.15, 0.2) is 0 Å². The first kappa shape index (κ1) is 16.7. The van der Waals surface area contributed by atoms with Crippen LogP contribution in [0.3, 0.4) is 0 Å². The highest BCUT2D eigenvalue weighted by atomic mass is 32.1. The molecule has 1 atom stereocenters. The number of hydrogen-bond donors (Lipinski definition) is 1. The van der Waals surface area contributed by atoms with Gasteiger partial charge in [-0.1, -0.05) is 0 Å². The van der Waals surface area contributed by atoms with Crippen molar-refractivity contribution in [2.75, 3.05) is 39.4 Å². The van der Waals surface area contributed by atoms with Crippen molar-refractivity contribution in [3.05, 3.63) is 16.6 Å². The highest BCUT2D eigenvalue weighted by Gasteiger charge is 2.42. The number of amides is 2. The molecule has 2 aliphatic rings. The third-order valence-corrected chi connectivity index (χ3v) is 5.26. The Morgan fingerprint density at radius 3 is 3.09 bits per heavy atom. The standard InChI is InChI=1S/C16H26N4O2S/c1-13(2)18-15(21)20-6-7-22-12-16(11-20)3-5-19(10-16)9-14-17-4-8-23-14/h4,8,13H,3,5-7,9-12H2,1-2H3,(H,18,21)/t16-/m0/s1. The van der Waals surface area contributed by atoms with Gasteiger partial charge in [0.1, 0.15) is 5.01 Å². The van der Waals surface area contributed by atoms with Crippen molar-refractivity contribution in [3.8, 4) is 0 Å². The minimum Gasteiger partial charge on any atom is -0.379 e. The van der Waals surface area contributed by atoms with E-state index >= 15 is 0 Å². The number of carbonyl (C=O) groups is 1. The molecule has 128 valence electrons. The second-order valence-corrected chi connectivity index (χ2v) is 7.94. The van der Waals surface area contributed by atoms with Gasteiger partial charge in [-0.3, -0.25) is 4.90 Å². The van der Waals surface area contributed by atoms with Crippen molar-refractivity contribution in [2.24, 2.45) is 5.41 Å². The lowest BCUT2D eigenvalue weighted by Gasteiger charge is -2.32. The summed E-state index contributed by atoms with van der Waals surface area (Å²) in [5.74, 6) is 0. The van der Waals surface area contributed by atoms with Crippen molar-refractivity contribution < 1.29 is 9.53 Å². The van der Waals surface area contributed by atoms with Gasteiger partial charge in [0.25, 0.3) is 0 Å². The largest absolute Gasteiger partial charge is 0.379 e. The topological polar surface area (TPSA) is 57.7 Å². The van der Waals surface area contributed by atoms with Crippen LogP contribution in [0, 0.1) is 5.41 Å².